The number of ether oxygens (including phenoxy) is 1. The first-order valence-corrected chi connectivity index (χ1v) is 6.58. The van der Waals surface area contributed by atoms with Crippen LogP contribution in [0.3, 0.4) is 0 Å². The van der Waals surface area contributed by atoms with Crippen molar-refractivity contribution in [2.75, 3.05) is 7.11 Å². The number of nitrogens with zero attached hydrogens (tertiary/aromatic N) is 2. The maximum absolute atomic E-state index is 9.10. The van der Waals surface area contributed by atoms with Crippen LogP contribution in [0.4, 0.5) is 0 Å². The zero-order valence-corrected chi connectivity index (χ0v) is 11.8. The Morgan fingerprint density at radius 1 is 1.17 bits per heavy atom. The van der Waals surface area contributed by atoms with E-state index in [0.717, 1.165) is 14.2 Å². The lowest BCUT2D eigenvalue weighted by Crippen LogP contribution is -1.93. The van der Waals surface area contributed by atoms with Gasteiger partial charge in [-0.2, -0.15) is 10.5 Å². The van der Waals surface area contributed by atoms with Crippen molar-refractivity contribution < 1.29 is 4.74 Å². The Bertz CT molecular complexity index is 644. The summed E-state index contributed by atoms with van der Waals surface area (Å²) in [5, 5.41) is 18.2. The van der Waals surface area contributed by atoms with Crippen LogP contribution >= 0.6 is 27.3 Å². The van der Waals surface area contributed by atoms with Crippen LogP contribution in [0.25, 0.3) is 10.4 Å². The molecule has 1 aromatic carbocycles. The monoisotopic (exact) mass is 318 g/mol. The summed E-state index contributed by atoms with van der Waals surface area (Å²) in [5.41, 5.74) is 1.59. The zero-order chi connectivity index (χ0) is 13.1. The van der Waals surface area contributed by atoms with Gasteiger partial charge in [0.2, 0.25) is 0 Å². The molecule has 0 spiro atoms. The Morgan fingerprint density at radius 3 is 2.17 bits per heavy atom. The Balaban J connectivity index is 2.65. The molecule has 1 aromatic heterocycles. The minimum atomic E-state index is 0.333. The predicted octanol–water partition coefficient (Wildman–Crippen LogP) is 3.93. The summed E-state index contributed by atoms with van der Waals surface area (Å²) >= 11 is 4.94. The minimum Gasteiger partial charge on any atom is -0.494 e. The van der Waals surface area contributed by atoms with E-state index in [1.54, 1.807) is 23.5 Å². The molecule has 0 saturated heterocycles. The van der Waals surface area contributed by atoms with Gasteiger partial charge in [-0.05, 0) is 45.8 Å². The molecule has 0 bridgehead atoms. The normalized spacial score (nSPS) is 9.56. The molecule has 5 heteroatoms. The van der Waals surface area contributed by atoms with E-state index in [2.05, 4.69) is 28.1 Å². The standard InChI is InChI=1S/C13H7BrN2OS/c1-17-13-9(6-15)4-8(5-10(13)7-16)11-2-3-12(14)18-11/h2-5H,1H3. The average molecular weight is 319 g/mol. The molecule has 2 aromatic rings. The summed E-state index contributed by atoms with van der Waals surface area (Å²) in [6.45, 7) is 0. The maximum Gasteiger partial charge on any atom is 0.154 e. The highest BCUT2D eigenvalue weighted by molar-refractivity contribution is 9.11. The highest BCUT2D eigenvalue weighted by atomic mass is 79.9. The number of methoxy groups -OCH3 is 1. The third-order valence-electron chi connectivity index (χ3n) is 2.39. The highest BCUT2D eigenvalue weighted by Gasteiger charge is 2.13. The lowest BCUT2D eigenvalue weighted by Gasteiger charge is -2.07. The van der Waals surface area contributed by atoms with Crippen LogP contribution in [0, 0.1) is 22.7 Å². The number of nitriles is 2. The minimum absolute atomic E-state index is 0.333. The van der Waals surface area contributed by atoms with Gasteiger partial charge >= 0.3 is 0 Å². The lowest BCUT2D eigenvalue weighted by atomic mass is 10.0. The fourth-order valence-electron chi connectivity index (χ4n) is 1.63. The molecule has 0 N–H and O–H groups in total. The summed E-state index contributed by atoms with van der Waals surface area (Å²) in [6, 6.07) is 11.5. The van der Waals surface area contributed by atoms with Gasteiger partial charge < -0.3 is 4.74 Å². The molecule has 0 amide bonds. The van der Waals surface area contributed by atoms with Crippen molar-refractivity contribution in [1.29, 1.82) is 10.5 Å². The van der Waals surface area contributed by atoms with Gasteiger partial charge in [0.05, 0.1) is 22.0 Å². The second-order valence-electron chi connectivity index (χ2n) is 3.43. The van der Waals surface area contributed by atoms with Crippen LogP contribution in [0.5, 0.6) is 5.75 Å². The van der Waals surface area contributed by atoms with Crippen molar-refractivity contribution in [3.8, 4) is 28.3 Å². The molecule has 0 aliphatic carbocycles. The zero-order valence-electron chi connectivity index (χ0n) is 9.40. The molecule has 1 heterocycles. The Kier molecular flexibility index (Phi) is 3.66. The third-order valence-corrected chi connectivity index (χ3v) is 4.06. The first-order valence-electron chi connectivity index (χ1n) is 4.97. The van der Waals surface area contributed by atoms with Gasteiger partial charge in [0.25, 0.3) is 0 Å². The van der Waals surface area contributed by atoms with E-state index >= 15 is 0 Å². The number of thiophene rings is 1. The van der Waals surface area contributed by atoms with Crippen molar-refractivity contribution in [3.63, 3.8) is 0 Å². The summed E-state index contributed by atoms with van der Waals surface area (Å²) < 4.78 is 6.11. The van der Waals surface area contributed by atoms with Crippen molar-refractivity contribution in [1.82, 2.24) is 0 Å². The topological polar surface area (TPSA) is 56.8 Å². The van der Waals surface area contributed by atoms with Crippen molar-refractivity contribution >= 4 is 27.3 Å². The van der Waals surface area contributed by atoms with Crippen LogP contribution < -0.4 is 4.74 Å². The number of rotatable bonds is 2. The van der Waals surface area contributed by atoms with Gasteiger partial charge in [-0.15, -0.1) is 11.3 Å². The molecule has 0 saturated carbocycles. The van der Waals surface area contributed by atoms with Gasteiger partial charge in [0.15, 0.2) is 5.75 Å². The third kappa shape index (κ3) is 2.24. The molecule has 0 atom stereocenters. The first-order chi connectivity index (χ1) is 8.69. The van der Waals surface area contributed by atoms with Gasteiger partial charge in [0, 0.05) is 4.88 Å². The van der Waals surface area contributed by atoms with Gasteiger partial charge in [-0.3, -0.25) is 0 Å². The second-order valence-corrected chi connectivity index (χ2v) is 5.89. The summed E-state index contributed by atoms with van der Waals surface area (Å²) in [4.78, 5) is 0.998. The summed E-state index contributed by atoms with van der Waals surface area (Å²) in [6.07, 6.45) is 0. The van der Waals surface area contributed by atoms with Crippen LogP contribution in [0.1, 0.15) is 11.1 Å². The predicted molar refractivity (Wildman–Crippen MR) is 73.4 cm³/mol. The van der Waals surface area contributed by atoms with Crippen LogP contribution in [0.2, 0.25) is 0 Å². The Hall–Kier alpha value is -1.82. The molecule has 0 fully saturated rings. The van der Waals surface area contributed by atoms with Crippen LogP contribution in [-0.2, 0) is 0 Å². The fourth-order valence-corrected chi connectivity index (χ4v) is 3.00. The van der Waals surface area contributed by atoms with Crippen molar-refractivity contribution in [3.05, 3.63) is 39.2 Å². The van der Waals surface area contributed by atoms with E-state index in [9.17, 15) is 0 Å². The Labute approximate surface area is 117 Å². The summed E-state index contributed by atoms with van der Waals surface area (Å²) in [7, 11) is 1.46. The molecule has 0 radical (unpaired) electrons. The molecule has 88 valence electrons. The molecule has 0 aliphatic rings. The second kappa shape index (κ2) is 5.22. The number of hydrogen-bond donors (Lipinski definition) is 0. The number of hydrogen-bond acceptors (Lipinski definition) is 4. The fraction of sp³-hybridized carbons (Fsp3) is 0.0769. The van der Waals surface area contributed by atoms with Crippen LogP contribution in [0.15, 0.2) is 28.1 Å². The van der Waals surface area contributed by atoms with Crippen molar-refractivity contribution in [2.24, 2.45) is 0 Å². The molecule has 0 aliphatic heterocycles. The molecular weight excluding hydrogens is 312 g/mol. The quantitative estimate of drug-likeness (QED) is 0.843. The van der Waals surface area contributed by atoms with Crippen molar-refractivity contribution in [2.45, 2.75) is 0 Å². The lowest BCUT2D eigenvalue weighted by molar-refractivity contribution is 0.412. The highest BCUT2D eigenvalue weighted by Crippen LogP contribution is 2.35. The van der Waals surface area contributed by atoms with E-state index in [4.69, 9.17) is 15.3 Å². The van der Waals surface area contributed by atoms with Gasteiger partial charge in [0.1, 0.15) is 12.1 Å². The van der Waals surface area contributed by atoms with E-state index in [-0.39, 0.29) is 0 Å². The van der Waals surface area contributed by atoms with Crippen LogP contribution in [-0.4, -0.2) is 7.11 Å². The van der Waals surface area contributed by atoms with Gasteiger partial charge in [-0.1, -0.05) is 0 Å². The molecule has 0 unspecified atom stereocenters. The van der Waals surface area contributed by atoms with Gasteiger partial charge in [-0.25, -0.2) is 0 Å². The number of benzene rings is 1. The first kappa shape index (κ1) is 12.6. The smallest absolute Gasteiger partial charge is 0.154 e. The molecule has 2 rings (SSSR count). The largest absolute Gasteiger partial charge is 0.494 e. The Morgan fingerprint density at radius 2 is 1.78 bits per heavy atom. The number of halogens is 1. The van der Waals surface area contributed by atoms with E-state index in [1.807, 2.05) is 12.1 Å². The average Bonchev–Trinajstić information content (AvgIpc) is 2.83. The van der Waals surface area contributed by atoms with E-state index < -0.39 is 0 Å². The van der Waals surface area contributed by atoms with E-state index in [1.165, 1.54) is 7.11 Å². The molecule has 3 nitrogen and oxygen atoms in total. The SMILES string of the molecule is COc1c(C#N)cc(-c2ccc(Br)s2)cc1C#N. The molecular formula is C13H7BrN2OS. The maximum atomic E-state index is 9.10. The molecule has 18 heavy (non-hydrogen) atoms. The summed E-state index contributed by atoms with van der Waals surface area (Å²) in [5.74, 6) is 0.333. The van der Waals surface area contributed by atoms with E-state index in [0.29, 0.717) is 16.9 Å².